The van der Waals surface area contributed by atoms with Crippen LogP contribution >= 0.6 is 0 Å². The molecule has 0 amide bonds. The number of halogens is 1. The molecule has 3 nitrogen and oxygen atoms in total. The Kier molecular flexibility index (Phi) is 3.67. The predicted molar refractivity (Wildman–Crippen MR) is 45.0 cm³/mol. The first kappa shape index (κ1) is 9.95. The average molecular weight is 186 g/mol. The molecule has 0 aliphatic rings. The summed E-state index contributed by atoms with van der Waals surface area (Å²) in [6.07, 6.45) is -0.973. The molecule has 1 atom stereocenters. The molecule has 1 rings (SSSR count). The number of hydrogen-bond donors (Lipinski definition) is 2. The molecule has 0 aliphatic carbocycles. The topological polar surface area (TPSA) is 49.7 Å². The van der Waals surface area contributed by atoms with Crippen molar-refractivity contribution >= 4 is 0 Å². The molecule has 0 saturated heterocycles. The Morgan fingerprint density at radius 1 is 1.38 bits per heavy atom. The molecule has 72 valence electrons. The number of rotatable bonds is 4. The van der Waals surface area contributed by atoms with Crippen molar-refractivity contribution in [2.45, 2.75) is 6.10 Å². The third-order valence-electron chi connectivity index (χ3n) is 1.48. The maximum atomic E-state index is 12.9. The van der Waals surface area contributed by atoms with Crippen molar-refractivity contribution < 1.29 is 19.3 Å². The fourth-order valence-corrected chi connectivity index (χ4v) is 0.800. The van der Waals surface area contributed by atoms with E-state index in [4.69, 9.17) is 14.9 Å². The second kappa shape index (κ2) is 4.79. The standard InChI is InChI=1S/C9H11FO3/c10-8-3-1-2-4-9(8)13-6-7(12)5-11/h1-4,7,11-12H,5-6H2/t7-/m1/s1. The zero-order valence-electron chi connectivity index (χ0n) is 6.98. The molecule has 0 fully saturated rings. The molecule has 2 N–H and O–H groups in total. The zero-order valence-corrected chi connectivity index (χ0v) is 6.98. The maximum absolute atomic E-state index is 12.9. The van der Waals surface area contributed by atoms with Crippen molar-refractivity contribution in [3.63, 3.8) is 0 Å². The Morgan fingerprint density at radius 2 is 2.08 bits per heavy atom. The van der Waals surface area contributed by atoms with Crippen molar-refractivity contribution in [3.05, 3.63) is 30.1 Å². The predicted octanol–water partition coefficient (Wildman–Crippen LogP) is 0.558. The van der Waals surface area contributed by atoms with E-state index >= 15 is 0 Å². The zero-order chi connectivity index (χ0) is 9.68. The summed E-state index contributed by atoms with van der Waals surface area (Å²) in [6.45, 7) is -0.508. The van der Waals surface area contributed by atoms with Crippen LogP contribution in [0.25, 0.3) is 0 Å². The van der Waals surface area contributed by atoms with Gasteiger partial charge in [0.05, 0.1) is 6.61 Å². The lowest BCUT2D eigenvalue weighted by Crippen LogP contribution is -2.21. The van der Waals surface area contributed by atoms with Crippen LogP contribution < -0.4 is 4.74 Å². The fraction of sp³-hybridized carbons (Fsp3) is 0.333. The Bertz CT molecular complexity index is 265. The largest absolute Gasteiger partial charge is 0.488 e. The Balaban J connectivity index is 2.50. The van der Waals surface area contributed by atoms with Gasteiger partial charge in [-0.1, -0.05) is 12.1 Å². The minimum Gasteiger partial charge on any atom is -0.488 e. The molecule has 4 heteroatoms. The lowest BCUT2D eigenvalue weighted by Gasteiger charge is -2.09. The van der Waals surface area contributed by atoms with Crippen molar-refractivity contribution in [2.75, 3.05) is 13.2 Å². The molecular weight excluding hydrogens is 175 g/mol. The number of benzene rings is 1. The molecule has 0 unspecified atom stereocenters. The minimum atomic E-state index is -0.973. The maximum Gasteiger partial charge on any atom is 0.165 e. The summed E-state index contributed by atoms with van der Waals surface area (Å²) in [5.41, 5.74) is 0. The molecule has 0 heterocycles. The van der Waals surface area contributed by atoms with Crippen LogP contribution in [0.15, 0.2) is 24.3 Å². The van der Waals surface area contributed by atoms with E-state index in [9.17, 15) is 4.39 Å². The van der Waals surface area contributed by atoms with Crippen LogP contribution in [0.5, 0.6) is 5.75 Å². The van der Waals surface area contributed by atoms with Gasteiger partial charge in [0.2, 0.25) is 0 Å². The van der Waals surface area contributed by atoms with Crippen LogP contribution in [0, 0.1) is 5.82 Å². The van der Waals surface area contributed by atoms with Gasteiger partial charge in [-0.05, 0) is 12.1 Å². The molecule has 1 aromatic rings. The fourth-order valence-electron chi connectivity index (χ4n) is 0.800. The Morgan fingerprint density at radius 3 is 2.69 bits per heavy atom. The first-order valence-corrected chi connectivity index (χ1v) is 3.90. The van der Waals surface area contributed by atoms with Gasteiger partial charge in [0.15, 0.2) is 11.6 Å². The van der Waals surface area contributed by atoms with Crippen molar-refractivity contribution in [3.8, 4) is 5.75 Å². The first-order valence-electron chi connectivity index (χ1n) is 3.90. The Labute approximate surface area is 75.4 Å². The number of hydrogen-bond acceptors (Lipinski definition) is 3. The lowest BCUT2D eigenvalue weighted by molar-refractivity contribution is 0.0523. The van der Waals surface area contributed by atoms with E-state index in [1.807, 2.05) is 0 Å². The summed E-state index contributed by atoms with van der Waals surface area (Å²) >= 11 is 0. The molecule has 1 aromatic carbocycles. The van der Waals surface area contributed by atoms with E-state index in [1.165, 1.54) is 12.1 Å². The summed E-state index contributed by atoms with van der Waals surface area (Å²) in [6, 6.07) is 5.90. The average Bonchev–Trinajstić information content (AvgIpc) is 2.16. The van der Waals surface area contributed by atoms with E-state index in [0.717, 1.165) is 0 Å². The highest BCUT2D eigenvalue weighted by Crippen LogP contribution is 2.15. The lowest BCUT2D eigenvalue weighted by atomic mass is 10.3. The van der Waals surface area contributed by atoms with Gasteiger partial charge in [0, 0.05) is 0 Å². The number of aliphatic hydroxyl groups excluding tert-OH is 2. The van der Waals surface area contributed by atoms with Gasteiger partial charge >= 0.3 is 0 Å². The van der Waals surface area contributed by atoms with E-state index in [-0.39, 0.29) is 12.4 Å². The van der Waals surface area contributed by atoms with Crippen LogP contribution in [-0.4, -0.2) is 29.5 Å². The summed E-state index contributed by atoms with van der Waals surface area (Å²) in [5, 5.41) is 17.4. The van der Waals surface area contributed by atoms with Gasteiger partial charge in [-0.3, -0.25) is 0 Å². The monoisotopic (exact) mass is 186 g/mol. The van der Waals surface area contributed by atoms with Crippen molar-refractivity contribution in [2.24, 2.45) is 0 Å². The van der Waals surface area contributed by atoms with Gasteiger partial charge in [0.25, 0.3) is 0 Å². The molecule has 0 radical (unpaired) electrons. The molecule has 0 saturated carbocycles. The van der Waals surface area contributed by atoms with Crippen LogP contribution in [0.3, 0.4) is 0 Å². The highest BCUT2D eigenvalue weighted by molar-refractivity contribution is 5.23. The summed E-state index contributed by atoms with van der Waals surface area (Å²) in [4.78, 5) is 0. The third-order valence-corrected chi connectivity index (χ3v) is 1.48. The summed E-state index contributed by atoms with van der Waals surface area (Å²) < 4.78 is 17.8. The Hall–Kier alpha value is -1.13. The molecule has 0 aromatic heterocycles. The number of aliphatic hydroxyl groups is 2. The van der Waals surface area contributed by atoms with Gasteiger partial charge in [-0.25, -0.2) is 4.39 Å². The van der Waals surface area contributed by atoms with Gasteiger partial charge in [-0.2, -0.15) is 0 Å². The van der Waals surface area contributed by atoms with Gasteiger partial charge in [0.1, 0.15) is 12.7 Å². The molecule has 0 spiro atoms. The molecule has 0 bridgehead atoms. The quantitative estimate of drug-likeness (QED) is 0.722. The third kappa shape index (κ3) is 3.01. The van der Waals surface area contributed by atoms with E-state index < -0.39 is 18.5 Å². The normalized spacial score (nSPS) is 12.5. The van der Waals surface area contributed by atoms with E-state index in [1.54, 1.807) is 12.1 Å². The highest BCUT2D eigenvalue weighted by atomic mass is 19.1. The van der Waals surface area contributed by atoms with Gasteiger partial charge < -0.3 is 14.9 Å². The summed E-state index contributed by atoms with van der Waals surface area (Å²) in [7, 11) is 0. The smallest absolute Gasteiger partial charge is 0.165 e. The van der Waals surface area contributed by atoms with Crippen LogP contribution in [0.1, 0.15) is 0 Å². The van der Waals surface area contributed by atoms with Crippen molar-refractivity contribution in [1.82, 2.24) is 0 Å². The van der Waals surface area contributed by atoms with Crippen LogP contribution in [-0.2, 0) is 0 Å². The minimum absolute atomic E-state index is 0.0787. The molecule has 0 aliphatic heterocycles. The second-order valence-electron chi connectivity index (χ2n) is 2.58. The van der Waals surface area contributed by atoms with Crippen LogP contribution in [0.2, 0.25) is 0 Å². The van der Waals surface area contributed by atoms with E-state index in [2.05, 4.69) is 0 Å². The number of para-hydroxylation sites is 1. The second-order valence-corrected chi connectivity index (χ2v) is 2.58. The molecule has 13 heavy (non-hydrogen) atoms. The highest BCUT2D eigenvalue weighted by Gasteiger charge is 2.05. The van der Waals surface area contributed by atoms with Gasteiger partial charge in [-0.15, -0.1) is 0 Å². The first-order chi connectivity index (χ1) is 6.24. The van der Waals surface area contributed by atoms with Crippen LogP contribution in [0.4, 0.5) is 4.39 Å². The summed E-state index contributed by atoms with van der Waals surface area (Å²) in [5.74, 6) is -0.400. The van der Waals surface area contributed by atoms with E-state index in [0.29, 0.717) is 0 Å². The SMILES string of the molecule is OC[C@@H](O)COc1ccccc1F. The molecular formula is C9H11FO3. The van der Waals surface area contributed by atoms with Crippen molar-refractivity contribution in [1.29, 1.82) is 0 Å². The number of ether oxygens (including phenoxy) is 1.